The molecule has 0 bridgehead atoms. The lowest BCUT2D eigenvalue weighted by Gasteiger charge is -2.22. The third-order valence-corrected chi connectivity index (χ3v) is 6.22. The summed E-state index contributed by atoms with van der Waals surface area (Å²) >= 11 is 5.65. The van der Waals surface area contributed by atoms with Gasteiger partial charge in [-0.25, -0.2) is 0 Å². The van der Waals surface area contributed by atoms with E-state index >= 15 is 0 Å². The molecule has 0 radical (unpaired) electrons. The largest absolute Gasteiger partial charge is 0.309 e. The lowest BCUT2D eigenvalue weighted by molar-refractivity contribution is 0.539. The molecule has 3 rings (SSSR count). The van der Waals surface area contributed by atoms with Crippen molar-refractivity contribution in [2.24, 2.45) is 0 Å². The maximum absolute atomic E-state index is 3.74. The molecule has 3 heteroatoms. The van der Waals surface area contributed by atoms with Crippen LogP contribution in [0.15, 0.2) is 57.9 Å². The molecule has 0 spiro atoms. The molecule has 1 nitrogen and oxygen atoms in total. The van der Waals surface area contributed by atoms with Gasteiger partial charge in [-0.3, -0.25) is 0 Å². The minimum Gasteiger partial charge on any atom is -0.309 e. The van der Waals surface area contributed by atoms with Crippen LogP contribution in [0.5, 0.6) is 0 Å². The average Bonchev–Trinajstić information content (AvgIpc) is 2.85. The molecular formula is C18H20BrNS. The molecule has 1 aliphatic carbocycles. The van der Waals surface area contributed by atoms with Crippen molar-refractivity contribution in [1.29, 1.82) is 0 Å². The normalized spacial score (nSPS) is 20.5. The third-order valence-electron chi connectivity index (χ3n) is 3.91. The maximum atomic E-state index is 3.74. The molecule has 2 aromatic carbocycles. The molecule has 1 aliphatic rings. The first kappa shape index (κ1) is 15.1. The SMILES string of the molecule is CCCNC1c2ccccc2CC1Sc1ccccc1Br. The predicted octanol–water partition coefficient (Wildman–Crippen LogP) is 5.21. The molecule has 0 saturated carbocycles. The van der Waals surface area contributed by atoms with Gasteiger partial charge in [0.2, 0.25) is 0 Å². The average molecular weight is 362 g/mol. The zero-order chi connectivity index (χ0) is 14.7. The van der Waals surface area contributed by atoms with E-state index in [2.05, 4.69) is 76.7 Å². The number of thioether (sulfide) groups is 1. The maximum Gasteiger partial charge on any atom is 0.0450 e. The van der Waals surface area contributed by atoms with Crippen molar-refractivity contribution < 1.29 is 0 Å². The molecule has 110 valence electrons. The fourth-order valence-electron chi connectivity index (χ4n) is 2.91. The van der Waals surface area contributed by atoms with Crippen molar-refractivity contribution in [2.45, 2.75) is 36.0 Å². The number of hydrogen-bond donors (Lipinski definition) is 1. The quantitative estimate of drug-likeness (QED) is 0.784. The van der Waals surface area contributed by atoms with E-state index in [-0.39, 0.29) is 0 Å². The van der Waals surface area contributed by atoms with E-state index in [0.29, 0.717) is 11.3 Å². The summed E-state index contributed by atoms with van der Waals surface area (Å²) in [6, 6.07) is 17.8. The molecule has 2 atom stereocenters. The third kappa shape index (κ3) is 3.36. The van der Waals surface area contributed by atoms with Gasteiger partial charge in [-0.2, -0.15) is 0 Å². The molecule has 0 heterocycles. The van der Waals surface area contributed by atoms with E-state index in [1.165, 1.54) is 26.9 Å². The highest BCUT2D eigenvalue weighted by Gasteiger charge is 2.32. The van der Waals surface area contributed by atoms with Crippen molar-refractivity contribution in [2.75, 3.05) is 6.54 Å². The summed E-state index contributed by atoms with van der Waals surface area (Å²) in [6.45, 7) is 3.30. The summed E-state index contributed by atoms with van der Waals surface area (Å²) in [5, 5.41) is 4.30. The van der Waals surface area contributed by atoms with Crippen LogP contribution in [0.25, 0.3) is 0 Å². The Hall–Kier alpha value is -0.770. The van der Waals surface area contributed by atoms with Gasteiger partial charge in [0, 0.05) is 20.7 Å². The first-order valence-corrected chi connectivity index (χ1v) is 9.19. The molecule has 0 aromatic heterocycles. The Morgan fingerprint density at radius 1 is 1.14 bits per heavy atom. The van der Waals surface area contributed by atoms with Crippen LogP contribution < -0.4 is 5.32 Å². The summed E-state index contributed by atoms with van der Waals surface area (Å²) < 4.78 is 1.19. The molecule has 1 N–H and O–H groups in total. The highest BCUT2D eigenvalue weighted by molar-refractivity contribution is 9.10. The van der Waals surface area contributed by atoms with Gasteiger partial charge in [-0.05, 0) is 58.6 Å². The van der Waals surface area contributed by atoms with Crippen LogP contribution in [-0.4, -0.2) is 11.8 Å². The van der Waals surface area contributed by atoms with E-state index in [9.17, 15) is 0 Å². The summed E-state index contributed by atoms with van der Waals surface area (Å²) in [6.07, 6.45) is 2.31. The Kier molecular flexibility index (Phi) is 5.04. The van der Waals surface area contributed by atoms with Crippen LogP contribution in [0, 0.1) is 0 Å². The zero-order valence-corrected chi connectivity index (χ0v) is 14.6. The van der Waals surface area contributed by atoms with Crippen molar-refractivity contribution in [3.63, 3.8) is 0 Å². The standard InChI is InChI=1S/C18H20BrNS/c1-2-11-20-18-14-8-4-3-7-13(14)12-17(18)21-16-10-6-5-9-15(16)19/h3-10,17-18,20H,2,11-12H2,1H3. The van der Waals surface area contributed by atoms with E-state index < -0.39 is 0 Å². The van der Waals surface area contributed by atoms with Gasteiger partial charge in [-0.1, -0.05) is 43.3 Å². The molecule has 0 amide bonds. The zero-order valence-electron chi connectivity index (χ0n) is 12.2. The van der Waals surface area contributed by atoms with Gasteiger partial charge in [0.25, 0.3) is 0 Å². The second-order valence-electron chi connectivity index (χ2n) is 5.42. The first-order valence-electron chi connectivity index (χ1n) is 7.52. The van der Waals surface area contributed by atoms with Gasteiger partial charge in [0.05, 0.1) is 0 Å². The van der Waals surface area contributed by atoms with Gasteiger partial charge in [0.1, 0.15) is 0 Å². The Morgan fingerprint density at radius 3 is 2.71 bits per heavy atom. The number of fused-ring (bicyclic) bond motifs is 1. The number of hydrogen-bond acceptors (Lipinski definition) is 2. The molecular weight excluding hydrogens is 342 g/mol. The molecule has 21 heavy (non-hydrogen) atoms. The summed E-state index contributed by atoms with van der Waals surface area (Å²) in [7, 11) is 0. The second-order valence-corrected chi connectivity index (χ2v) is 7.56. The molecule has 2 aromatic rings. The van der Waals surface area contributed by atoms with Gasteiger partial charge in [0.15, 0.2) is 0 Å². The molecule has 0 saturated heterocycles. The monoisotopic (exact) mass is 361 g/mol. The minimum absolute atomic E-state index is 0.457. The van der Waals surface area contributed by atoms with Gasteiger partial charge >= 0.3 is 0 Å². The Balaban J connectivity index is 1.83. The van der Waals surface area contributed by atoms with Crippen LogP contribution in [0.1, 0.15) is 30.5 Å². The van der Waals surface area contributed by atoms with Crippen LogP contribution in [0.2, 0.25) is 0 Å². The van der Waals surface area contributed by atoms with E-state index in [1.54, 1.807) is 0 Å². The Bertz CT molecular complexity index is 614. The summed E-state index contributed by atoms with van der Waals surface area (Å²) in [5.74, 6) is 0. The van der Waals surface area contributed by atoms with Crippen LogP contribution in [-0.2, 0) is 6.42 Å². The van der Waals surface area contributed by atoms with Crippen molar-refractivity contribution in [3.05, 3.63) is 64.1 Å². The van der Waals surface area contributed by atoms with Crippen LogP contribution >= 0.6 is 27.7 Å². The number of nitrogens with one attached hydrogen (secondary N) is 1. The molecule has 0 fully saturated rings. The Morgan fingerprint density at radius 2 is 1.90 bits per heavy atom. The van der Waals surface area contributed by atoms with Crippen LogP contribution in [0.4, 0.5) is 0 Å². The van der Waals surface area contributed by atoms with Gasteiger partial charge in [-0.15, -0.1) is 11.8 Å². The number of benzene rings is 2. The van der Waals surface area contributed by atoms with Crippen molar-refractivity contribution >= 4 is 27.7 Å². The van der Waals surface area contributed by atoms with E-state index in [4.69, 9.17) is 0 Å². The van der Waals surface area contributed by atoms with Gasteiger partial charge < -0.3 is 5.32 Å². The van der Waals surface area contributed by atoms with E-state index in [1.807, 2.05) is 11.8 Å². The first-order chi connectivity index (χ1) is 10.3. The van der Waals surface area contributed by atoms with E-state index in [0.717, 1.165) is 13.0 Å². The topological polar surface area (TPSA) is 12.0 Å². The Labute approximate surface area is 139 Å². The van der Waals surface area contributed by atoms with Crippen LogP contribution in [0.3, 0.4) is 0 Å². The fraction of sp³-hybridized carbons (Fsp3) is 0.333. The molecule has 2 unspecified atom stereocenters. The predicted molar refractivity (Wildman–Crippen MR) is 95.0 cm³/mol. The fourth-order valence-corrected chi connectivity index (χ4v) is 4.78. The summed E-state index contributed by atoms with van der Waals surface area (Å²) in [4.78, 5) is 1.33. The van der Waals surface area contributed by atoms with Crippen molar-refractivity contribution in [1.82, 2.24) is 5.32 Å². The number of halogens is 1. The summed E-state index contributed by atoms with van der Waals surface area (Å²) in [5.41, 5.74) is 2.98. The minimum atomic E-state index is 0.457. The molecule has 0 aliphatic heterocycles. The lowest BCUT2D eigenvalue weighted by atomic mass is 10.1. The highest BCUT2D eigenvalue weighted by atomic mass is 79.9. The highest BCUT2D eigenvalue weighted by Crippen LogP contribution is 2.43. The lowest BCUT2D eigenvalue weighted by Crippen LogP contribution is -2.27. The number of rotatable bonds is 5. The van der Waals surface area contributed by atoms with Crippen molar-refractivity contribution in [3.8, 4) is 0 Å². The smallest absolute Gasteiger partial charge is 0.0450 e. The second kappa shape index (κ2) is 6.99.